The van der Waals surface area contributed by atoms with Crippen molar-refractivity contribution in [2.24, 2.45) is 0 Å². The van der Waals surface area contributed by atoms with Gasteiger partial charge >= 0.3 is 0 Å². The molecule has 1 heteroatoms. The van der Waals surface area contributed by atoms with Crippen molar-refractivity contribution in [3.63, 3.8) is 0 Å². The van der Waals surface area contributed by atoms with Gasteiger partial charge < -0.3 is 0 Å². The first kappa shape index (κ1) is 13.1. The molecular weight excluding hydrogens is 244 g/mol. The monoisotopic (exact) mass is 264 g/mol. The molecule has 0 saturated carbocycles. The Bertz CT molecular complexity index is 656. The third-order valence-electron chi connectivity index (χ3n) is 4.36. The average Bonchev–Trinajstić information content (AvgIpc) is 2.41. The first-order valence-electron chi connectivity index (χ1n) is 7.22. The predicted molar refractivity (Wildman–Crippen MR) is 83.5 cm³/mol. The molecule has 0 aromatic heterocycles. The molecule has 1 aromatic carbocycles. The van der Waals surface area contributed by atoms with Gasteiger partial charge in [-0.05, 0) is 47.0 Å². The minimum atomic E-state index is 0.0700. The summed E-state index contributed by atoms with van der Waals surface area (Å²) in [5.41, 5.74) is 5.47. The quantitative estimate of drug-likeness (QED) is 0.678. The van der Waals surface area contributed by atoms with E-state index >= 15 is 0 Å². The number of carbonyl (C=O) groups is 1. The van der Waals surface area contributed by atoms with Crippen molar-refractivity contribution < 1.29 is 4.79 Å². The summed E-state index contributed by atoms with van der Waals surface area (Å²) in [6.45, 7) is 8.41. The van der Waals surface area contributed by atoms with Crippen molar-refractivity contribution >= 4 is 11.9 Å². The van der Waals surface area contributed by atoms with E-state index in [2.05, 4.69) is 56.8 Å². The standard InChI is InChI=1S/C19H20O/c1-13-7-6-9-16(18(13)20)15-11-14-8-4-5-10-17(14)19(2,3)12-15/h4-5,8-11H,1,6-7,12H2,2-3H3. The molecule has 0 atom stereocenters. The van der Waals surface area contributed by atoms with E-state index in [1.807, 2.05) is 0 Å². The molecular formula is C19H20O. The lowest BCUT2D eigenvalue weighted by molar-refractivity contribution is -0.112. The maximum atomic E-state index is 12.3. The van der Waals surface area contributed by atoms with Gasteiger partial charge in [-0.2, -0.15) is 0 Å². The van der Waals surface area contributed by atoms with Gasteiger partial charge in [-0.1, -0.05) is 56.8 Å². The highest BCUT2D eigenvalue weighted by Crippen LogP contribution is 2.41. The maximum absolute atomic E-state index is 12.3. The van der Waals surface area contributed by atoms with Crippen molar-refractivity contribution in [2.75, 3.05) is 0 Å². The van der Waals surface area contributed by atoms with Gasteiger partial charge in [0, 0.05) is 5.57 Å². The number of benzene rings is 1. The summed E-state index contributed by atoms with van der Waals surface area (Å²) in [7, 11) is 0. The van der Waals surface area contributed by atoms with Crippen LogP contribution < -0.4 is 0 Å². The highest BCUT2D eigenvalue weighted by atomic mass is 16.1. The first-order chi connectivity index (χ1) is 9.49. The molecule has 1 nitrogen and oxygen atoms in total. The zero-order valence-corrected chi connectivity index (χ0v) is 12.2. The highest BCUT2D eigenvalue weighted by molar-refractivity contribution is 6.12. The number of fused-ring (bicyclic) bond motifs is 1. The Morgan fingerprint density at radius 3 is 2.75 bits per heavy atom. The summed E-state index contributed by atoms with van der Waals surface area (Å²) in [6, 6.07) is 8.48. The molecule has 0 spiro atoms. The summed E-state index contributed by atoms with van der Waals surface area (Å²) in [6.07, 6.45) is 6.92. The molecule has 20 heavy (non-hydrogen) atoms. The fourth-order valence-corrected chi connectivity index (χ4v) is 3.29. The molecule has 0 aliphatic heterocycles. The van der Waals surface area contributed by atoms with Gasteiger partial charge in [0.25, 0.3) is 0 Å². The molecule has 3 rings (SSSR count). The summed E-state index contributed by atoms with van der Waals surface area (Å²) >= 11 is 0. The SMILES string of the molecule is C=C1CCC=C(C2=Cc3ccccc3C(C)(C)C2)C1=O. The van der Waals surface area contributed by atoms with E-state index in [-0.39, 0.29) is 11.2 Å². The molecule has 0 saturated heterocycles. The Kier molecular flexibility index (Phi) is 3.01. The second-order valence-electron chi connectivity index (χ2n) is 6.41. The van der Waals surface area contributed by atoms with E-state index < -0.39 is 0 Å². The van der Waals surface area contributed by atoms with Crippen LogP contribution in [0.1, 0.15) is 44.2 Å². The van der Waals surface area contributed by atoms with Crippen molar-refractivity contribution in [1.29, 1.82) is 0 Å². The van der Waals surface area contributed by atoms with E-state index in [0.717, 1.165) is 30.4 Å². The van der Waals surface area contributed by atoms with Gasteiger partial charge in [0.2, 0.25) is 0 Å². The van der Waals surface area contributed by atoms with Gasteiger partial charge in [-0.3, -0.25) is 4.79 Å². The van der Waals surface area contributed by atoms with Crippen LogP contribution in [0.25, 0.3) is 6.08 Å². The lowest BCUT2D eigenvalue weighted by Crippen LogP contribution is -2.25. The first-order valence-corrected chi connectivity index (χ1v) is 7.22. The summed E-state index contributed by atoms with van der Waals surface area (Å²) in [5.74, 6) is 0.137. The van der Waals surface area contributed by atoms with Gasteiger partial charge in [-0.15, -0.1) is 0 Å². The minimum Gasteiger partial charge on any atom is -0.289 e. The normalized spacial score (nSPS) is 21.1. The third kappa shape index (κ3) is 2.07. The average molecular weight is 264 g/mol. The number of hydrogen-bond acceptors (Lipinski definition) is 1. The molecule has 0 unspecified atom stereocenters. The van der Waals surface area contributed by atoms with Crippen LogP contribution in [0.3, 0.4) is 0 Å². The Hall–Kier alpha value is -1.89. The fraction of sp³-hybridized carbons (Fsp3) is 0.316. The second kappa shape index (κ2) is 4.59. The number of carbonyl (C=O) groups excluding carboxylic acids is 1. The third-order valence-corrected chi connectivity index (χ3v) is 4.36. The Morgan fingerprint density at radius 1 is 1.20 bits per heavy atom. The Morgan fingerprint density at radius 2 is 1.95 bits per heavy atom. The summed E-state index contributed by atoms with van der Waals surface area (Å²) < 4.78 is 0. The second-order valence-corrected chi connectivity index (χ2v) is 6.41. The maximum Gasteiger partial charge on any atom is 0.188 e. The Labute approximate surface area is 120 Å². The van der Waals surface area contributed by atoms with Crippen LogP contribution in [0, 0.1) is 0 Å². The van der Waals surface area contributed by atoms with E-state index in [9.17, 15) is 4.79 Å². The smallest absolute Gasteiger partial charge is 0.188 e. The highest BCUT2D eigenvalue weighted by Gasteiger charge is 2.31. The lowest BCUT2D eigenvalue weighted by Gasteiger charge is -2.33. The van der Waals surface area contributed by atoms with E-state index in [1.165, 1.54) is 16.7 Å². The topological polar surface area (TPSA) is 17.1 Å². The van der Waals surface area contributed by atoms with E-state index in [4.69, 9.17) is 0 Å². The van der Waals surface area contributed by atoms with Gasteiger partial charge in [0.15, 0.2) is 5.78 Å². The van der Waals surface area contributed by atoms with Crippen LogP contribution in [0.2, 0.25) is 0 Å². The van der Waals surface area contributed by atoms with Crippen molar-refractivity contribution in [3.05, 3.63) is 64.8 Å². The van der Waals surface area contributed by atoms with E-state index in [0.29, 0.717) is 0 Å². The van der Waals surface area contributed by atoms with Gasteiger partial charge in [0.05, 0.1) is 0 Å². The minimum absolute atomic E-state index is 0.0700. The molecule has 0 amide bonds. The van der Waals surface area contributed by atoms with Gasteiger partial charge in [0.1, 0.15) is 0 Å². The summed E-state index contributed by atoms with van der Waals surface area (Å²) in [5, 5.41) is 0. The van der Waals surface area contributed by atoms with Crippen molar-refractivity contribution in [3.8, 4) is 0 Å². The van der Waals surface area contributed by atoms with Crippen LogP contribution in [-0.4, -0.2) is 5.78 Å². The molecule has 2 aliphatic rings. The zero-order valence-electron chi connectivity index (χ0n) is 12.2. The van der Waals surface area contributed by atoms with Crippen LogP contribution >= 0.6 is 0 Å². The molecule has 2 aliphatic carbocycles. The molecule has 0 N–H and O–H groups in total. The largest absolute Gasteiger partial charge is 0.289 e. The van der Waals surface area contributed by atoms with Crippen LogP contribution in [0.4, 0.5) is 0 Å². The number of Topliss-reactive ketones (excluding diaryl/α,β-unsaturated/α-hetero) is 1. The van der Waals surface area contributed by atoms with Gasteiger partial charge in [-0.25, -0.2) is 0 Å². The lowest BCUT2D eigenvalue weighted by atomic mass is 9.70. The molecule has 0 fully saturated rings. The van der Waals surface area contributed by atoms with Crippen molar-refractivity contribution in [1.82, 2.24) is 0 Å². The Balaban J connectivity index is 2.09. The predicted octanol–water partition coefficient (Wildman–Crippen LogP) is 4.60. The zero-order chi connectivity index (χ0) is 14.3. The van der Waals surface area contributed by atoms with Crippen molar-refractivity contribution in [2.45, 2.75) is 38.5 Å². The van der Waals surface area contributed by atoms with E-state index in [1.54, 1.807) is 0 Å². The number of rotatable bonds is 1. The molecule has 0 heterocycles. The molecule has 102 valence electrons. The molecule has 0 radical (unpaired) electrons. The van der Waals surface area contributed by atoms with Crippen LogP contribution in [0.5, 0.6) is 0 Å². The number of allylic oxidation sites excluding steroid dienone is 4. The molecule has 1 aromatic rings. The number of ketones is 1. The fourth-order valence-electron chi connectivity index (χ4n) is 3.29. The number of hydrogen-bond donors (Lipinski definition) is 0. The molecule has 0 bridgehead atoms. The van der Waals surface area contributed by atoms with Crippen LogP contribution in [-0.2, 0) is 10.2 Å². The van der Waals surface area contributed by atoms with Crippen LogP contribution in [0.15, 0.2) is 53.6 Å². The summed E-state index contributed by atoms with van der Waals surface area (Å²) in [4.78, 5) is 12.3.